The highest BCUT2D eigenvalue weighted by atomic mass is 32.2. The molecule has 0 unspecified atom stereocenters. The number of nitrogens with zero attached hydrogens (tertiary/aromatic N) is 2. The first kappa shape index (κ1) is 14.2. The van der Waals surface area contributed by atoms with E-state index in [0.717, 1.165) is 11.5 Å². The summed E-state index contributed by atoms with van der Waals surface area (Å²) < 4.78 is 1.69. The number of aromatic nitrogens is 2. The Morgan fingerprint density at radius 1 is 1.33 bits per heavy atom. The van der Waals surface area contributed by atoms with Crippen LogP contribution in [0.5, 0.6) is 0 Å². The molecule has 1 aromatic heterocycles. The molecule has 0 fully saturated rings. The van der Waals surface area contributed by atoms with E-state index in [0.29, 0.717) is 5.75 Å². The van der Waals surface area contributed by atoms with Crippen LogP contribution < -0.4 is 5.32 Å². The number of hydrogen-bond donors (Lipinski definition) is 1. The van der Waals surface area contributed by atoms with E-state index in [4.69, 9.17) is 0 Å². The number of hydrogen-bond acceptors (Lipinski definition) is 3. The van der Waals surface area contributed by atoms with Gasteiger partial charge in [0.1, 0.15) is 5.82 Å². The maximum absolute atomic E-state index is 12.0. The van der Waals surface area contributed by atoms with Crippen LogP contribution in [-0.4, -0.2) is 21.4 Å². The number of carbonyl (C=O) groups excluding carboxylic acids is 1. The molecule has 0 saturated heterocycles. The molecule has 0 radical (unpaired) electrons. The van der Waals surface area contributed by atoms with Crippen LogP contribution in [0.3, 0.4) is 0 Å². The minimum atomic E-state index is 0.00324. The number of rotatable bonds is 4. The van der Waals surface area contributed by atoms with Crippen molar-refractivity contribution in [2.45, 2.75) is 31.1 Å². The van der Waals surface area contributed by atoms with E-state index in [1.54, 1.807) is 16.4 Å². The largest absolute Gasteiger partial charge is 0.310 e. The third-order valence-corrected chi connectivity index (χ3v) is 4.70. The van der Waals surface area contributed by atoms with Gasteiger partial charge < -0.3 is 5.32 Å². The summed E-state index contributed by atoms with van der Waals surface area (Å²) in [5, 5.41) is 7.11. The quantitative estimate of drug-likeness (QED) is 0.883. The summed E-state index contributed by atoms with van der Waals surface area (Å²) in [5.41, 5.74) is 3.82. The van der Waals surface area contributed by atoms with Gasteiger partial charge in [0.2, 0.25) is 5.91 Å². The van der Waals surface area contributed by atoms with Crippen LogP contribution in [0.1, 0.15) is 23.2 Å². The topological polar surface area (TPSA) is 46.9 Å². The van der Waals surface area contributed by atoms with Gasteiger partial charge in [-0.2, -0.15) is 5.10 Å². The second-order valence-electron chi connectivity index (χ2n) is 5.42. The number of carbonyl (C=O) groups is 1. The predicted octanol–water partition coefficient (Wildman–Crippen LogP) is 2.95. The molecule has 5 heteroatoms. The summed E-state index contributed by atoms with van der Waals surface area (Å²) in [6, 6.07) is 8.43. The highest BCUT2D eigenvalue weighted by molar-refractivity contribution is 8.00. The fraction of sp³-hybridized carbons (Fsp3) is 0.375. The van der Waals surface area contributed by atoms with E-state index >= 15 is 0 Å². The van der Waals surface area contributed by atoms with Crippen molar-refractivity contribution in [3.05, 3.63) is 41.1 Å². The van der Waals surface area contributed by atoms with Crippen LogP contribution in [0.25, 0.3) is 0 Å². The Hall–Kier alpha value is -1.75. The number of benzene rings is 1. The summed E-state index contributed by atoms with van der Waals surface area (Å²) in [5.74, 6) is 1.17. The van der Waals surface area contributed by atoms with E-state index in [2.05, 4.69) is 28.6 Å². The normalized spacial score (nSPS) is 13.2. The Bertz CT molecular complexity index is 678. The van der Waals surface area contributed by atoms with Crippen LogP contribution in [0.15, 0.2) is 29.2 Å². The van der Waals surface area contributed by atoms with Gasteiger partial charge in [-0.25, -0.2) is 0 Å². The fourth-order valence-electron chi connectivity index (χ4n) is 2.69. The van der Waals surface area contributed by atoms with E-state index in [1.165, 1.54) is 35.3 Å². The van der Waals surface area contributed by atoms with Gasteiger partial charge in [0.05, 0.1) is 11.4 Å². The van der Waals surface area contributed by atoms with Gasteiger partial charge in [-0.1, -0.05) is 6.07 Å². The molecule has 0 spiro atoms. The second kappa shape index (κ2) is 5.93. The maximum atomic E-state index is 12.0. The van der Waals surface area contributed by atoms with Crippen molar-refractivity contribution < 1.29 is 4.79 Å². The molecule has 1 aromatic carbocycles. The summed E-state index contributed by atoms with van der Waals surface area (Å²) in [4.78, 5) is 13.2. The number of thioether (sulfide) groups is 1. The SMILES string of the molecule is Cc1cc(NC(=O)CSc2ccc3c(c2)CCC3)n(C)n1. The van der Waals surface area contributed by atoms with Crippen molar-refractivity contribution in [2.75, 3.05) is 11.1 Å². The molecule has 21 heavy (non-hydrogen) atoms. The molecule has 1 aliphatic carbocycles. The standard InChI is InChI=1S/C16H19N3OS/c1-11-8-15(19(2)18-11)17-16(20)10-21-14-7-6-12-4-3-5-13(12)9-14/h6-9H,3-5,10H2,1-2H3,(H,17,20). The summed E-state index contributed by atoms with van der Waals surface area (Å²) in [6.07, 6.45) is 3.62. The minimum absolute atomic E-state index is 0.00324. The smallest absolute Gasteiger partial charge is 0.235 e. The molecule has 110 valence electrons. The van der Waals surface area contributed by atoms with Gasteiger partial charge in [-0.05, 0) is 49.4 Å². The zero-order chi connectivity index (χ0) is 14.8. The average Bonchev–Trinajstić information content (AvgIpc) is 3.02. The third kappa shape index (κ3) is 3.29. The van der Waals surface area contributed by atoms with Gasteiger partial charge in [0.15, 0.2) is 0 Å². The second-order valence-corrected chi connectivity index (χ2v) is 6.46. The highest BCUT2D eigenvalue weighted by Gasteiger charge is 2.12. The van der Waals surface area contributed by atoms with Crippen LogP contribution in [0.4, 0.5) is 5.82 Å². The Labute approximate surface area is 128 Å². The minimum Gasteiger partial charge on any atom is -0.310 e. The lowest BCUT2D eigenvalue weighted by atomic mass is 10.1. The fourth-order valence-corrected chi connectivity index (χ4v) is 3.45. The van der Waals surface area contributed by atoms with Gasteiger partial charge in [0.25, 0.3) is 0 Å². The summed E-state index contributed by atoms with van der Waals surface area (Å²) in [7, 11) is 1.83. The monoisotopic (exact) mass is 301 g/mol. The van der Waals surface area contributed by atoms with Crippen LogP contribution in [0.2, 0.25) is 0 Å². The Morgan fingerprint density at radius 3 is 2.90 bits per heavy atom. The van der Waals surface area contributed by atoms with Crippen molar-refractivity contribution >= 4 is 23.5 Å². The molecular formula is C16H19N3OS. The molecule has 1 N–H and O–H groups in total. The highest BCUT2D eigenvalue weighted by Crippen LogP contribution is 2.27. The lowest BCUT2D eigenvalue weighted by Crippen LogP contribution is -2.16. The summed E-state index contributed by atoms with van der Waals surface area (Å²) in [6.45, 7) is 1.91. The molecule has 0 saturated carbocycles. The maximum Gasteiger partial charge on any atom is 0.235 e. The van der Waals surface area contributed by atoms with Crippen molar-refractivity contribution in [2.24, 2.45) is 7.05 Å². The summed E-state index contributed by atoms with van der Waals surface area (Å²) >= 11 is 1.58. The third-order valence-electron chi connectivity index (χ3n) is 3.71. The molecule has 2 aromatic rings. The van der Waals surface area contributed by atoms with Crippen molar-refractivity contribution in [3.8, 4) is 0 Å². The Balaban J connectivity index is 1.57. The Kier molecular flexibility index (Phi) is 4.01. The Morgan fingerprint density at radius 2 is 2.14 bits per heavy atom. The number of amides is 1. The van der Waals surface area contributed by atoms with E-state index in [-0.39, 0.29) is 5.91 Å². The molecule has 1 aliphatic rings. The van der Waals surface area contributed by atoms with Crippen molar-refractivity contribution in [3.63, 3.8) is 0 Å². The lowest BCUT2D eigenvalue weighted by Gasteiger charge is -2.06. The zero-order valence-electron chi connectivity index (χ0n) is 12.3. The first-order valence-electron chi connectivity index (χ1n) is 7.17. The number of nitrogens with one attached hydrogen (secondary N) is 1. The van der Waals surface area contributed by atoms with E-state index in [1.807, 2.05) is 20.0 Å². The predicted molar refractivity (Wildman–Crippen MR) is 85.8 cm³/mol. The van der Waals surface area contributed by atoms with Crippen LogP contribution in [0, 0.1) is 6.92 Å². The van der Waals surface area contributed by atoms with Crippen molar-refractivity contribution in [1.82, 2.24) is 9.78 Å². The zero-order valence-corrected chi connectivity index (χ0v) is 13.2. The molecule has 0 bridgehead atoms. The lowest BCUT2D eigenvalue weighted by molar-refractivity contribution is -0.113. The van der Waals surface area contributed by atoms with E-state index in [9.17, 15) is 4.79 Å². The van der Waals surface area contributed by atoms with Gasteiger partial charge >= 0.3 is 0 Å². The molecule has 0 aliphatic heterocycles. The number of fused-ring (bicyclic) bond motifs is 1. The van der Waals surface area contributed by atoms with Crippen LogP contribution in [-0.2, 0) is 24.7 Å². The first-order valence-corrected chi connectivity index (χ1v) is 8.15. The van der Waals surface area contributed by atoms with Gasteiger partial charge in [-0.3, -0.25) is 9.48 Å². The number of aryl methyl sites for hydroxylation is 4. The average molecular weight is 301 g/mol. The molecule has 3 rings (SSSR count). The molecule has 1 heterocycles. The molecule has 4 nitrogen and oxygen atoms in total. The molecule has 1 amide bonds. The van der Waals surface area contributed by atoms with Gasteiger partial charge in [-0.15, -0.1) is 11.8 Å². The first-order chi connectivity index (χ1) is 10.1. The van der Waals surface area contributed by atoms with E-state index < -0.39 is 0 Å². The number of anilines is 1. The van der Waals surface area contributed by atoms with Gasteiger partial charge in [0, 0.05) is 18.0 Å². The molecule has 0 atom stereocenters. The van der Waals surface area contributed by atoms with Crippen LogP contribution >= 0.6 is 11.8 Å². The van der Waals surface area contributed by atoms with Crippen molar-refractivity contribution in [1.29, 1.82) is 0 Å². The molecular weight excluding hydrogens is 282 g/mol.